The third-order valence-corrected chi connectivity index (χ3v) is 12.9. The summed E-state index contributed by atoms with van der Waals surface area (Å²) in [6.45, 7) is 0. The predicted octanol–water partition coefficient (Wildman–Crippen LogP) is 14.6. The Morgan fingerprint density at radius 3 is 1.32 bits per heavy atom. The highest BCUT2D eigenvalue weighted by atomic mass is 32.1. The Kier molecular flexibility index (Phi) is 7.87. The smallest absolute Gasteiger partial charge is 0.160 e. The van der Waals surface area contributed by atoms with Crippen LogP contribution in [0.3, 0.4) is 0 Å². The van der Waals surface area contributed by atoms with Crippen molar-refractivity contribution >= 4 is 63.0 Å². The van der Waals surface area contributed by atoms with Gasteiger partial charge in [-0.3, -0.25) is 4.98 Å². The molecule has 11 rings (SSSR count). The molecule has 11 aromatic rings. The summed E-state index contributed by atoms with van der Waals surface area (Å²) in [7, 11) is 0. The minimum atomic E-state index is 0.683. The van der Waals surface area contributed by atoms with E-state index in [0.717, 1.165) is 61.6 Å². The van der Waals surface area contributed by atoms with Crippen molar-refractivity contribution in [1.29, 1.82) is 0 Å². The molecule has 0 N–H and O–H groups in total. The van der Waals surface area contributed by atoms with E-state index in [1.165, 1.54) is 40.3 Å². The lowest BCUT2D eigenvalue weighted by Crippen LogP contribution is -1.97. The van der Waals surface area contributed by atoms with Gasteiger partial charge in [-0.05, 0) is 95.1 Å². The van der Waals surface area contributed by atoms with Gasteiger partial charge in [0, 0.05) is 68.8 Å². The third kappa shape index (κ3) is 5.86. The first-order valence-corrected chi connectivity index (χ1v) is 20.3. The van der Waals surface area contributed by atoms with Crippen molar-refractivity contribution in [2.24, 2.45) is 0 Å². The minimum absolute atomic E-state index is 0.683. The maximum atomic E-state index is 5.31. The van der Waals surface area contributed by atoms with Gasteiger partial charge in [0.05, 0.1) is 17.1 Å². The fourth-order valence-corrected chi connectivity index (χ4v) is 9.90. The second kappa shape index (κ2) is 13.5. The Morgan fingerprint density at radius 1 is 0.286 bits per heavy atom. The topological polar surface area (TPSA) is 38.7 Å². The van der Waals surface area contributed by atoms with Crippen molar-refractivity contribution in [1.82, 2.24) is 15.0 Å². The van der Waals surface area contributed by atoms with E-state index in [0.29, 0.717) is 5.82 Å². The first kappa shape index (κ1) is 32.6. The van der Waals surface area contributed by atoms with Crippen LogP contribution in [0.1, 0.15) is 0 Å². The fourth-order valence-electron chi connectivity index (χ4n) is 7.73. The molecule has 262 valence electrons. The van der Waals surface area contributed by atoms with Gasteiger partial charge in [0.2, 0.25) is 0 Å². The van der Waals surface area contributed by atoms with Crippen molar-refractivity contribution in [3.8, 4) is 67.4 Å². The molecule has 0 amide bonds. The molecule has 0 unspecified atom stereocenters. The minimum Gasteiger partial charge on any atom is -0.256 e. The van der Waals surface area contributed by atoms with Crippen LogP contribution in [0.25, 0.3) is 108 Å². The van der Waals surface area contributed by atoms with Crippen molar-refractivity contribution in [3.63, 3.8) is 0 Å². The molecule has 0 spiro atoms. The van der Waals surface area contributed by atoms with E-state index in [1.54, 1.807) is 0 Å². The van der Waals surface area contributed by atoms with E-state index < -0.39 is 0 Å². The maximum Gasteiger partial charge on any atom is 0.160 e. The Labute approximate surface area is 331 Å². The van der Waals surface area contributed by atoms with Crippen LogP contribution in [0, 0.1) is 0 Å². The molecule has 0 saturated heterocycles. The van der Waals surface area contributed by atoms with E-state index in [-0.39, 0.29) is 0 Å². The molecule has 7 aromatic carbocycles. The van der Waals surface area contributed by atoms with Gasteiger partial charge in [-0.2, -0.15) is 0 Å². The second-order valence-electron chi connectivity index (χ2n) is 14.0. The van der Waals surface area contributed by atoms with Gasteiger partial charge in [-0.1, -0.05) is 109 Å². The lowest BCUT2D eigenvalue weighted by molar-refractivity contribution is 1.18. The standard InChI is InChI=1S/C51H31N3S2/c1-2-10-32(11-3-1)45-31-46(34-19-17-33(18-20-34)44-14-8-9-25-52-44)54-51(53-45)39-27-37(35-21-23-49-42(29-35)40-12-4-6-15-47(40)55-49)26-38(28-39)36-22-24-50-43(30-36)41-13-5-7-16-48(41)56-50/h1-31H. The molecule has 0 aliphatic rings. The summed E-state index contributed by atoms with van der Waals surface area (Å²) in [5, 5.41) is 5.14. The van der Waals surface area contributed by atoms with E-state index in [9.17, 15) is 0 Å². The quantitative estimate of drug-likeness (QED) is 0.170. The normalized spacial score (nSPS) is 11.6. The van der Waals surface area contributed by atoms with Gasteiger partial charge < -0.3 is 0 Å². The molecule has 0 bridgehead atoms. The van der Waals surface area contributed by atoms with Gasteiger partial charge in [-0.25, -0.2) is 9.97 Å². The summed E-state index contributed by atoms with van der Waals surface area (Å²) in [6.07, 6.45) is 1.83. The average molecular weight is 750 g/mol. The Hall–Kier alpha value is -6.79. The number of hydrogen-bond acceptors (Lipinski definition) is 5. The summed E-state index contributed by atoms with van der Waals surface area (Å²) in [5.41, 5.74) is 11.4. The highest BCUT2D eigenvalue weighted by molar-refractivity contribution is 7.26. The molecular weight excluding hydrogens is 719 g/mol. The summed E-state index contributed by atoms with van der Waals surface area (Å²) in [6, 6.07) is 65.0. The van der Waals surface area contributed by atoms with Gasteiger partial charge in [0.1, 0.15) is 0 Å². The number of benzene rings is 7. The van der Waals surface area contributed by atoms with Crippen molar-refractivity contribution in [3.05, 3.63) is 188 Å². The summed E-state index contributed by atoms with van der Waals surface area (Å²) in [5.74, 6) is 0.683. The van der Waals surface area contributed by atoms with E-state index in [4.69, 9.17) is 9.97 Å². The molecule has 4 aromatic heterocycles. The molecule has 0 saturated carbocycles. The van der Waals surface area contributed by atoms with Gasteiger partial charge >= 0.3 is 0 Å². The molecule has 4 heterocycles. The van der Waals surface area contributed by atoms with Crippen molar-refractivity contribution in [2.75, 3.05) is 0 Å². The number of aromatic nitrogens is 3. The Balaban J connectivity index is 1.11. The molecule has 0 radical (unpaired) electrons. The van der Waals surface area contributed by atoms with Gasteiger partial charge in [0.25, 0.3) is 0 Å². The number of fused-ring (bicyclic) bond motifs is 6. The van der Waals surface area contributed by atoms with Crippen LogP contribution in [-0.2, 0) is 0 Å². The highest BCUT2D eigenvalue weighted by Gasteiger charge is 2.16. The Bertz CT molecular complexity index is 3110. The van der Waals surface area contributed by atoms with E-state index in [2.05, 4.69) is 163 Å². The maximum absolute atomic E-state index is 5.31. The molecule has 3 nitrogen and oxygen atoms in total. The first-order valence-electron chi connectivity index (χ1n) is 18.7. The summed E-state index contributed by atoms with van der Waals surface area (Å²) in [4.78, 5) is 15.2. The average Bonchev–Trinajstić information content (AvgIpc) is 3.84. The van der Waals surface area contributed by atoms with E-state index >= 15 is 0 Å². The van der Waals surface area contributed by atoms with Crippen molar-refractivity contribution < 1.29 is 0 Å². The van der Waals surface area contributed by atoms with Crippen LogP contribution in [0.15, 0.2) is 188 Å². The van der Waals surface area contributed by atoms with Crippen molar-refractivity contribution in [2.45, 2.75) is 0 Å². The number of hydrogen-bond donors (Lipinski definition) is 0. The molecule has 0 atom stereocenters. The van der Waals surface area contributed by atoms with Crippen LogP contribution in [0.4, 0.5) is 0 Å². The van der Waals surface area contributed by atoms with Crippen LogP contribution < -0.4 is 0 Å². The van der Waals surface area contributed by atoms with Gasteiger partial charge in [-0.15, -0.1) is 22.7 Å². The lowest BCUT2D eigenvalue weighted by Gasteiger charge is -2.13. The fraction of sp³-hybridized carbons (Fsp3) is 0. The third-order valence-electron chi connectivity index (χ3n) is 10.5. The molecule has 0 fully saturated rings. The number of pyridine rings is 1. The zero-order valence-electron chi connectivity index (χ0n) is 30.1. The van der Waals surface area contributed by atoms with Crippen LogP contribution in [0.5, 0.6) is 0 Å². The van der Waals surface area contributed by atoms with Crippen LogP contribution >= 0.6 is 22.7 Å². The summed E-state index contributed by atoms with van der Waals surface area (Å²) < 4.78 is 5.19. The zero-order valence-corrected chi connectivity index (χ0v) is 31.7. The molecular formula is C51H31N3S2. The number of rotatable bonds is 6. The molecule has 5 heteroatoms. The molecule has 0 aliphatic heterocycles. The summed E-state index contributed by atoms with van der Waals surface area (Å²) >= 11 is 3.69. The molecule has 56 heavy (non-hydrogen) atoms. The Morgan fingerprint density at radius 2 is 0.750 bits per heavy atom. The largest absolute Gasteiger partial charge is 0.256 e. The van der Waals surface area contributed by atoms with E-state index in [1.807, 2.05) is 53.1 Å². The SMILES string of the molecule is c1ccc(-c2cc(-c3ccc(-c4ccccn4)cc3)nc(-c3cc(-c4ccc5sc6ccccc6c5c4)cc(-c4ccc5sc6ccccc6c5c4)c3)n2)cc1. The highest BCUT2D eigenvalue weighted by Crippen LogP contribution is 2.41. The number of nitrogens with zero attached hydrogens (tertiary/aromatic N) is 3. The monoisotopic (exact) mass is 749 g/mol. The zero-order chi connectivity index (χ0) is 37.0. The van der Waals surface area contributed by atoms with Crippen LogP contribution in [-0.4, -0.2) is 15.0 Å². The number of thiophene rings is 2. The predicted molar refractivity (Wildman–Crippen MR) is 238 cm³/mol. The van der Waals surface area contributed by atoms with Gasteiger partial charge in [0.15, 0.2) is 5.82 Å². The lowest BCUT2D eigenvalue weighted by atomic mass is 9.94. The van der Waals surface area contributed by atoms with Crippen LogP contribution in [0.2, 0.25) is 0 Å². The molecule has 0 aliphatic carbocycles. The first-order chi connectivity index (χ1) is 27.7. The second-order valence-corrected chi connectivity index (χ2v) is 16.2.